The highest BCUT2D eigenvalue weighted by Crippen LogP contribution is 2.39. The van der Waals surface area contributed by atoms with E-state index in [0.717, 1.165) is 11.1 Å². The number of ether oxygens (including phenoxy) is 3. The first-order valence-electron chi connectivity index (χ1n) is 10.2. The van der Waals surface area contributed by atoms with E-state index in [1.807, 2.05) is 36.4 Å². The lowest BCUT2D eigenvalue weighted by molar-refractivity contribution is -0.138. The highest BCUT2D eigenvalue weighted by molar-refractivity contribution is 6.30. The first-order chi connectivity index (χ1) is 16.0. The maximum Gasteiger partial charge on any atom is 0.338 e. The number of anilines is 1. The minimum atomic E-state index is -0.558. The molecule has 0 bridgehead atoms. The molecule has 9 heteroatoms. The van der Waals surface area contributed by atoms with Gasteiger partial charge in [-0.05, 0) is 42.3 Å². The maximum atomic E-state index is 12.9. The number of halogens is 1. The summed E-state index contributed by atoms with van der Waals surface area (Å²) >= 11 is 6.06. The quantitative estimate of drug-likeness (QED) is 0.385. The molecule has 1 aromatic heterocycles. The van der Waals surface area contributed by atoms with Gasteiger partial charge < -0.3 is 19.5 Å². The molecular formula is C24H23ClN4O4. The number of hydrogen-bond acceptors (Lipinski definition) is 7. The molecule has 1 unspecified atom stereocenters. The van der Waals surface area contributed by atoms with Gasteiger partial charge in [-0.15, -0.1) is 0 Å². The van der Waals surface area contributed by atoms with Gasteiger partial charge in [0.15, 0.2) is 11.5 Å². The van der Waals surface area contributed by atoms with E-state index >= 15 is 0 Å². The summed E-state index contributed by atoms with van der Waals surface area (Å²) in [5.41, 5.74) is 2.75. The molecule has 33 heavy (non-hydrogen) atoms. The number of aromatic nitrogens is 3. The first-order valence-corrected chi connectivity index (χ1v) is 10.6. The van der Waals surface area contributed by atoms with Gasteiger partial charge in [0.25, 0.3) is 0 Å². The number of allylic oxidation sites excluding steroid dienone is 1. The monoisotopic (exact) mass is 466 g/mol. The van der Waals surface area contributed by atoms with E-state index in [2.05, 4.69) is 22.0 Å². The van der Waals surface area contributed by atoms with Crippen LogP contribution in [0.2, 0.25) is 5.02 Å². The van der Waals surface area contributed by atoms with Crippen molar-refractivity contribution in [3.8, 4) is 11.5 Å². The normalized spacial score (nSPS) is 14.8. The third-order valence-electron chi connectivity index (χ3n) is 5.13. The van der Waals surface area contributed by atoms with Crippen LogP contribution >= 0.6 is 11.6 Å². The van der Waals surface area contributed by atoms with Crippen LogP contribution in [0, 0.1) is 0 Å². The Morgan fingerprint density at radius 3 is 2.88 bits per heavy atom. The Balaban J connectivity index is 1.67. The molecule has 0 aliphatic carbocycles. The van der Waals surface area contributed by atoms with Gasteiger partial charge in [0.1, 0.15) is 25.6 Å². The first kappa shape index (κ1) is 22.4. The fourth-order valence-corrected chi connectivity index (χ4v) is 3.85. The van der Waals surface area contributed by atoms with Gasteiger partial charge in [-0.1, -0.05) is 42.5 Å². The molecule has 0 saturated carbocycles. The van der Waals surface area contributed by atoms with E-state index in [1.165, 1.54) is 12.4 Å². The van der Waals surface area contributed by atoms with Crippen molar-refractivity contribution in [1.29, 1.82) is 0 Å². The molecule has 1 aliphatic heterocycles. The van der Waals surface area contributed by atoms with Gasteiger partial charge in [0.2, 0.25) is 5.95 Å². The number of carbonyl (C=O) groups excluding carboxylic acids is 1. The van der Waals surface area contributed by atoms with Crippen LogP contribution in [0.1, 0.15) is 24.1 Å². The second kappa shape index (κ2) is 9.79. The van der Waals surface area contributed by atoms with Crippen LogP contribution in [-0.4, -0.2) is 34.5 Å². The Hall–Kier alpha value is -3.78. The van der Waals surface area contributed by atoms with Crippen molar-refractivity contribution in [2.75, 3.05) is 19.0 Å². The van der Waals surface area contributed by atoms with Gasteiger partial charge in [0.05, 0.1) is 12.7 Å². The molecule has 0 saturated heterocycles. The number of fused-ring (bicyclic) bond motifs is 1. The summed E-state index contributed by atoms with van der Waals surface area (Å²) in [6.07, 6.45) is 2.95. The average molecular weight is 467 g/mol. The maximum absolute atomic E-state index is 12.9. The van der Waals surface area contributed by atoms with Crippen molar-refractivity contribution in [2.45, 2.75) is 19.6 Å². The third-order valence-corrected chi connectivity index (χ3v) is 5.37. The van der Waals surface area contributed by atoms with Gasteiger partial charge in [-0.3, -0.25) is 0 Å². The molecule has 1 atom stereocenters. The van der Waals surface area contributed by atoms with Crippen molar-refractivity contribution in [3.05, 3.63) is 88.9 Å². The molecule has 0 amide bonds. The molecule has 1 aliphatic rings. The fraction of sp³-hybridized carbons (Fsp3) is 0.208. The highest BCUT2D eigenvalue weighted by Gasteiger charge is 2.34. The summed E-state index contributed by atoms with van der Waals surface area (Å²) in [6.45, 7) is 5.84. The summed E-state index contributed by atoms with van der Waals surface area (Å²) in [5, 5.41) is 8.07. The molecule has 1 N–H and O–H groups in total. The van der Waals surface area contributed by atoms with Crippen molar-refractivity contribution in [1.82, 2.24) is 14.8 Å². The number of benzene rings is 2. The van der Waals surface area contributed by atoms with Gasteiger partial charge in [0, 0.05) is 10.7 Å². The molecule has 4 rings (SSSR count). The van der Waals surface area contributed by atoms with Crippen LogP contribution in [-0.2, 0) is 16.1 Å². The lowest BCUT2D eigenvalue weighted by Crippen LogP contribution is -2.29. The standard InChI is InChI=1S/C24H23ClN4O4/c1-4-10-32-23(30)21-15(2)28-24-26-14-27-29(24)22(21)17-8-9-19(20(12-17)31-3)33-13-16-6-5-7-18(25)11-16/h4-9,11-12,14,22H,1,10,13H2,2-3H3,(H,26,27,28). The Kier molecular flexibility index (Phi) is 6.65. The lowest BCUT2D eigenvalue weighted by Gasteiger charge is -2.28. The van der Waals surface area contributed by atoms with Gasteiger partial charge in [-0.25, -0.2) is 9.48 Å². The molecule has 0 fully saturated rings. The second-order valence-corrected chi connectivity index (χ2v) is 7.75. The van der Waals surface area contributed by atoms with Crippen molar-refractivity contribution < 1.29 is 19.0 Å². The minimum Gasteiger partial charge on any atom is -0.493 e. The molecule has 0 spiro atoms. The predicted molar refractivity (Wildman–Crippen MR) is 124 cm³/mol. The fourth-order valence-electron chi connectivity index (χ4n) is 3.64. The van der Waals surface area contributed by atoms with Crippen LogP contribution in [0.5, 0.6) is 11.5 Å². The molecule has 0 radical (unpaired) electrons. The van der Waals surface area contributed by atoms with Crippen molar-refractivity contribution >= 4 is 23.5 Å². The highest BCUT2D eigenvalue weighted by atomic mass is 35.5. The topological polar surface area (TPSA) is 87.5 Å². The second-order valence-electron chi connectivity index (χ2n) is 7.31. The zero-order valence-electron chi connectivity index (χ0n) is 18.2. The van der Waals surface area contributed by atoms with Gasteiger partial charge in [-0.2, -0.15) is 10.1 Å². The van der Waals surface area contributed by atoms with Gasteiger partial charge >= 0.3 is 5.97 Å². The number of nitrogens with one attached hydrogen (secondary N) is 1. The SMILES string of the molecule is C=CCOC(=O)C1=C(C)Nc2ncnn2C1c1ccc(OCc2cccc(Cl)c2)c(OC)c1. The largest absolute Gasteiger partial charge is 0.493 e. The van der Waals surface area contributed by atoms with Crippen LogP contribution < -0.4 is 14.8 Å². The van der Waals surface area contributed by atoms with E-state index in [9.17, 15) is 4.79 Å². The Bertz CT molecular complexity index is 1220. The predicted octanol–water partition coefficient (Wildman–Crippen LogP) is 4.54. The Labute approximate surface area is 196 Å². The van der Waals surface area contributed by atoms with Crippen molar-refractivity contribution in [2.24, 2.45) is 0 Å². The molecular weight excluding hydrogens is 444 g/mol. The number of esters is 1. The summed E-state index contributed by atoms with van der Waals surface area (Å²) in [6, 6.07) is 12.4. The minimum absolute atomic E-state index is 0.103. The van der Waals surface area contributed by atoms with Crippen LogP contribution in [0.15, 0.2) is 72.7 Å². The Morgan fingerprint density at radius 1 is 1.27 bits per heavy atom. The van der Waals surface area contributed by atoms with Crippen molar-refractivity contribution in [3.63, 3.8) is 0 Å². The van der Waals surface area contributed by atoms with E-state index in [-0.39, 0.29) is 6.61 Å². The van der Waals surface area contributed by atoms with E-state index in [0.29, 0.717) is 40.3 Å². The number of carbonyl (C=O) groups is 1. The van der Waals surface area contributed by atoms with E-state index < -0.39 is 12.0 Å². The summed E-state index contributed by atoms with van der Waals surface area (Å²) in [5.74, 6) is 1.14. The number of methoxy groups -OCH3 is 1. The third kappa shape index (κ3) is 4.70. The summed E-state index contributed by atoms with van der Waals surface area (Å²) in [4.78, 5) is 17.1. The van der Waals surface area contributed by atoms with E-state index in [1.54, 1.807) is 24.8 Å². The average Bonchev–Trinajstić information content (AvgIpc) is 3.28. The van der Waals surface area contributed by atoms with E-state index in [4.69, 9.17) is 25.8 Å². The van der Waals surface area contributed by atoms with Crippen LogP contribution in [0.4, 0.5) is 5.95 Å². The lowest BCUT2D eigenvalue weighted by atomic mass is 9.95. The molecule has 3 aromatic rings. The van der Waals surface area contributed by atoms with Crippen LogP contribution in [0.25, 0.3) is 0 Å². The number of hydrogen-bond donors (Lipinski definition) is 1. The smallest absolute Gasteiger partial charge is 0.338 e. The number of rotatable bonds is 8. The zero-order valence-corrected chi connectivity index (χ0v) is 19.0. The Morgan fingerprint density at radius 2 is 2.12 bits per heavy atom. The number of nitrogens with zero attached hydrogens (tertiary/aromatic N) is 3. The molecule has 8 nitrogen and oxygen atoms in total. The molecule has 2 heterocycles. The van der Waals surface area contributed by atoms with Crippen LogP contribution in [0.3, 0.4) is 0 Å². The molecule has 2 aromatic carbocycles. The zero-order chi connectivity index (χ0) is 23.4. The summed E-state index contributed by atoms with van der Waals surface area (Å²) < 4.78 is 18.5. The molecule has 170 valence electrons. The summed E-state index contributed by atoms with van der Waals surface area (Å²) in [7, 11) is 1.56.